The van der Waals surface area contributed by atoms with E-state index < -0.39 is 0 Å². The van der Waals surface area contributed by atoms with Gasteiger partial charge in [0.25, 0.3) is 5.91 Å². The van der Waals surface area contributed by atoms with Gasteiger partial charge in [-0.15, -0.1) is 0 Å². The van der Waals surface area contributed by atoms with E-state index in [2.05, 4.69) is 17.5 Å². The van der Waals surface area contributed by atoms with Crippen molar-refractivity contribution >= 4 is 23.2 Å². The molecule has 1 aromatic rings. The van der Waals surface area contributed by atoms with E-state index in [-0.39, 0.29) is 12.5 Å². The summed E-state index contributed by atoms with van der Waals surface area (Å²) in [7, 11) is 0. The molecule has 2 rings (SSSR count). The minimum atomic E-state index is -0.245. The summed E-state index contributed by atoms with van der Waals surface area (Å²) in [5.41, 5.74) is 3.63. The number of rotatable bonds is 4. The average molecular weight is 295 g/mol. The molecule has 4 nitrogen and oxygen atoms in total. The van der Waals surface area contributed by atoms with Gasteiger partial charge in [-0.2, -0.15) is 5.10 Å². The van der Waals surface area contributed by atoms with Crippen molar-refractivity contribution in [2.45, 2.75) is 32.6 Å². The van der Waals surface area contributed by atoms with Gasteiger partial charge < -0.3 is 4.74 Å². The van der Waals surface area contributed by atoms with Crippen LogP contribution < -0.4 is 10.2 Å². The largest absolute Gasteiger partial charge is 0.484 e. The molecule has 1 saturated carbocycles. The molecule has 0 radical (unpaired) electrons. The van der Waals surface area contributed by atoms with Gasteiger partial charge in [-0.25, -0.2) is 5.43 Å². The first-order valence-corrected chi connectivity index (χ1v) is 7.24. The molecule has 1 aliphatic rings. The van der Waals surface area contributed by atoms with E-state index in [1.807, 2.05) is 0 Å². The van der Waals surface area contributed by atoms with Crippen molar-refractivity contribution < 1.29 is 9.53 Å². The van der Waals surface area contributed by atoms with Crippen LogP contribution in [-0.4, -0.2) is 18.2 Å². The normalized spacial score (nSPS) is 20.7. The molecule has 0 bridgehead atoms. The van der Waals surface area contributed by atoms with Crippen LogP contribution in [0.4, 0.5) is 0 Å². The van der Waals surface area contributed by atoms with E-state index in [1.54, 1.807) is 24.3 Å². The smallest absolute Gasteiger partial charge is 0.277 e. The Morgan fingerprint density at radius 1 is 1.45 bits per heavy atom. The average Bonchev–Trinajstić information content (AvgIpc) is 2.45. The summed E-state index contributed by atoms with van der Waals surface area (Å²) in [5, 5.41) is 4.81. The van der Waals surface area contributed by atoms with Crippen LogP contribution in [0, 0.1) is 5.92 Å². The Balaban J connectivity index is 1.75. The summed E-state index contributed by atoms with van der Waals surface area (Å²) >= 11 is 5.77. The molecule has 1 amide bonds. The van der Waals surface area contributed by atoms with Gasteiger partial charge in [-0.1, -0.05) is 18.5 Å². The summed E-state index contributed by atoms with van der Waals surface area (Å²) in [6, 6.07) is 6.89. The molecule has 1 aliphatic carbocycles. The number of benzene rings is 1. The lowest BCUT2D eigenvalue weighted by atomic mass is 9.89. The van der Waals surface area contributed by atoms with Crippen LogP contribution in [0.25, 0.3) is 0 Å². The minimum Gasteiger partial charge on any atom is -0.484 e. The highest BCUT2D eigenvalue weighted by molar-refractivity contribution is 6.30. The third kappa shape index (κ3) is 4.85. The van der Waals surface area contributed by atoms with Crippen LogP contribution >= 0.6 is 11.6 Å². The number of carbonyl (C=O) groups is 1. The molecule has 0 aliphatic heterocycles. The summed E-state index contributed by atoms with van der Waals surface area (Å²) in [5.74, 6) is 1.03. The maximum absolute atomic E-state index is 11.6. The van der Waals surface area contributed by atoms with E-state index in [9.17, 15) is 4.79 Å². The maximum atomic E-state index is 11.6. The molecule has 1 atom stereocenters. The Morgan fingerprint density at radius 3 is 2.90 bits per heavy atom. The Bertz CT molecular complexity index is 485. The molecule has 108 valence electrons. The predicted molar refractivity (Wildman–Crippen MR) is 80.2 cm³/mol. The highest BCUT2D eigenvalue weighted by atomic mass is 35.5. The number of nitrogens with zero attached hydrogens (tertiary/aromatic N) is 1. The summed E-state index contributed by atoms with van der Waals surface area (Å²) < 4.78 is 5.34. The molecule has 0 aromatic heterocycles. The molecule has 1 N–H and O–H groups in total. The summed E-state index contributed by atoms with van der Waals surface area (Å²) in [6.45, 7) is 2.16. The third-order valence-electron chi connectivity index (χ3n) is 3.27. The fourth-order valence-corrected chi connectivity index (χ4v) is 2.34. The van der Waals surface area contributed by atoms with E-state index in [0.29, 0.717) is 16.7 Å². The van der Waals surface area contributed by atoms with E-state index >= 15 is 0 Å². The van der Waals surface area contributed by atoms with E-state index in [4.69, 9.17) is 16.3 Å². The molecule has 0 heterocycles. The number of halogens is 1. The first-order chi connectivity index (χ1) is 9.63. The van der Waals surface area contributed by atoms with Crippen molar-refractivity contribution in [2.24, 2.45) is 11.0 Å². The van der Waals surface area contributed by atoms with Crippen LogP contribution in [-0.2, 0) is 4.79 Å². The van der Waals surface area contributed by atoms with Crippen molar-refractivity contribution in [3.8, 4) is 5.75 Å². The molecule has 20 heavy (non-hydrogen) atoms. The van der Waals surface area contributed by atoms with Gasteiger partial charge in [-0.3, -0.25) is 4.79 Å². The van der Waals surface area contributed by atoms with Gasteiger partial charge in [-0.05, 0) is 55.9 Å². The fraction of sp³-hybridized carbons (Fsp3) is 0.467. The predicted octanol–water partition coefficient (Wildman–Crippen LogP) is 3.40. The van der Waals surface area contributed by atoms with Gasteiger partial charge in [0.2, 0.25) is 0 Å². The van der Waals surface area contributed by atoms with Gasteiger partial charge in [0.05, 0.1) is 0 Å². The van der Waals surface area contributed by atoms with Crippen molar-refractivity contribution in [2.75, 3.05) is 6.61 Å². The molecule has 0 spiro atoms. The van der Waals surface area contributed by atoms with Crippen LogP contribution in [0.5, 0.6) is 5.75 Å². The number of hydrogen-bond acceptors (Lipinski definition) is 3. The monoisotopic (exact) mass is 294 g/mol. The first-order valence-electron chi connectivity index (χ1n) is 6.86. The number of hydrogen-bond donors (Lipinski definition) is 1. The van der Waals surface area contributed by atoms with Crippen LogP contribution in [0.1, 0.15) is 32.6 Å². The topological polar surface area (TPSA) is 50.7 Å². The number of ether oxygens (including phenoxy) is 1. The van der Waals surface area contributed by atoms with Crippen LogP contribution in [0.3, 0.4) is 0 Å². The van der Waals surface area contributed by atoms with E-state index in [1.165, 1.54) is 6.42 Å². The number of carbonyl (C=O) groups excluding carboxylic acids is 1. The van der Waals surface area contributed by atoms with Crippen molar-refractivity contribution in [1.82, 2.24) is 5.43 Å². The molecular weight excluding hydrogens is 276 g/mol. The molecule has 0 unspecified atom stereocenters. The standard InChI is InChI=1S/C15H19ClN2O2/c1-11-3-2-4-13(9-11)17-18-15(19)10-20-14-7-5-12(16)6-8-14/h5-8,11H,2-4,9-10H2,1H3,(H,18,19)/b17-13+/t11-/m0/s1. The number of nitrogens with one attached hydrogen (secondary N) is 1. The Hall–Kier alpha value is -1.55. The van der Waals surface area contributed by atoms with Gasteiger partial charge >= 0.3 is 0 Å². The van der Waals surface area contributed by atoms with Gasteiger partial charge in [0.15, 0.2) is 6.61 Å². The lowest BCUT2D eigenvalue weighted by molar-refractivity contribution is -0.123. The minimum absolute atomic E-state index is 0.0477. The Labute approximate surface area is 124 Å². The van der Waals surface area contributed by atoms with E-state index in [0.717, 1.165) is 25.0 Å². The van der Waals surface area contributed by atoms with Crippen LogP contribution in [0.15, 0.2) is 29.4 Å². The highest BCUT2D eigenvalue weighted by Gasteiger charge is 2.14. The second-order valence-corrected chi connectivity index (χ2v) is 5.59. The zero-order valence-corrected chi connectivity index (χ0v) is 12.3. The molecule has 1 aromatic carbocycles. The second-order valence-electron chi connectivity index (χ2n) is 5.16. The summed E-state index contributed by atoms with van der Waals surface area (Å²) in [4.78, 5) is 11.6. The molecule has 0 saturated heterocycles. The SMILES string of the molecule is C[C@H]1CCC/C(=N\NC(=O)COc2ccc(Cl)cc2)C1. The second kappa shape index (κ2) is 7.29. The zero-order chi connectivity index (χ0) is 14.4. The third-order valence-corrected chi connectivity index (χ3v) is 3.52. The molecule has 1 fully saturated rings. The van der Waals surface area contributed by atoms with Crippen LogP contribution in [0.2, 0.25) is 5.02 Å². The lowest BCUT2D eigenvalue weighted by Gasteiger charge is -2.18. The quantitative estimate of drug-likeness (QED) is 0.865. The van der Waals surface area contributed by atoms with Crippen molar-refractivity contribution in [1.29, 1.82) is 0 Å². The zero-order valence-electron chi connectivity index (χ0n) is 11.6. The molecular formula is C15H19ClN2O2. The number of amides is 1. The fourth-order valence-electron chi connectivity index (χ4n) is 2.22. The van der Waals surface area contributed by atoms with Gasteiger partial charge in [0.1, 0.15) is 5.75 Å². The molecule has 5 heteroatoms. The summed E-state index contributed by atoms with van der Waals surface area (Å²) in [6.07, 6.45) is 4.34. The van der Waals surface area contributed by atoms with Crippen molar-refractivity contribution in [3.05, 3.63) is 29.3 Å². The maximum Gasteiger partial charge on any atom is 0.277 e. The Kier molecular flexibility index (Phi) is 5.41. The number of hydrazone groups is 1. The van der Waals surface area contributed by atoms with Gasteiger partial charge in [0, 0.05) is 10.7 Å². The Morgan fingerprint density at radius 2 is 2.20 bits per heavy atom. The highest BCUT2D eigenvalue weighted by Crippen LogP contribution is 2.20. The lowest BCUT2D eigenvalue weighted by Crippen LogP contribution is -2.26. The van der Waals surface area contributed by atoms with Crippen molar-refractivity contribution in [3.63, 3.8) is 0 Å². The first kappa shape index (κ1) is 14.9.